The van der Waals surface area contributed by atoms with Crippen LogP contribution in [-0.2, 0) is 17.9 Å². The Morgan fingerprint density at radius 3 is 2.27 bits per heavy atom. The van der Waals surface area contributed by atoms with Gasteiger partial charge in [0.05, 0.1) is 11.5 Å². The van der Waals surface area contributed by atoms with Gasteiger partial charge in [0, 0.05) is 68.0 Å². The lowest BCUT2D eigenvalue weighted by molar-refractivity contribution is -0.384. The van der Waals surface area contributed by atoms with Crippen molar-refractivity contribution in [2.45, 2.75) is 31.8 Å². The van der Waals surface area contributed by atoms with Crippen LogP contribution in [0.15, 0.2) is 79.4 Å². The lowest BCUT2D eigenvalue weighted by atomic mass is 9.95. The number of Topliss-reactive ketones (excluding diaryl/α,β-unsaturated/α-hetero) is 1. The first-order chi connectivity index (χ1) is 18.0. The van der Waals surface area contributed by atoms with Crippen LogP contribution in [0.3, 0.4) is 0 Å². The molecule has 1 aliphatic heterocycles. The van der Waals surface area contributed by atoms with Gasteiger partial charge in [0.2, 0.25) is 5.78 Å². The Balaban J connectivity index is 1.21. The van der Waals surface area contributed by atoms with E-state index in [-0.39, 0.29) is 17.2 Å². The normalized spacial score (nSPS) is 14.0. The molecule has 2 aromatic carbocycles. The number of ketones is 1. The number of nitro benzene ring substituents is 1. The molecule has 2 aromatic heterocycles. The molecule has 10 heteroatoms. The van der Waals surface area contributed by atoms with Crippen LogP contribution in [0.2, 0.25) is 0 Å². The van der Waals surface area contributed by atoms with Crippen LogP contribution < -0.4 is 0 Å². The lowest BCUT2D eigenvalue weighted by Crippen LogP contribution is -2.42. The molecule has 0 spiro atoms. The van der Waals surface area contributed by atoms with Crippen molar-refractivity contribution >= 4 is 17.4 Å². The van der Waals surface area contributed by atoms with Crippen LogP contribution in [0.25, 0.3) is 0 Å². The zero-order valence-electron chi connectivity index (χ0n) is 20.1. The van der Waals surface area contributed by atoms with E-state index in [0.29, 0.717) is 32.5 Å². The summed E-state index contributed by atoms with van der Waals surface area (Å²) in [5.41, 5.74) is 1.23. The molecule has 3 heterocycles. The summed E-state index contributed by atoms with van der Waals surface area (Å²) >= 11 is 0. The topological polar surface area (TPSA) is 116 Å². The van der Waals surface area contributed by atoms with Crippen LogP contribution in [-0.4, -0.2) is 53.7 Å². The third-order valence-corrected chi connectivity index (χ3v) is 6.74. The number of hydrogen-bond donors (Lipinski definition) is 0. The van der Waals surface area contributed by atoms with Crippen LogP contribution in [0.5, 0.6) is 0 Å². The predicted octanol–water partition coefficient (Wildman–Crippen LogP) is 3.67. The molecule has 0 aliphatic carbocycles. The lowest BCUT2D eigenvalue weighted by Gasteiger charge is -2.31. The average Bonchev–Trinajstić information content (AvgIpc) is 3.58. The number of amides is 1. The minimum absolute atomic E-state index is 0.122. The van der Waals surface area contributed by atoms with E-state index in [1.165, 1.54) is 29.8 Å². The van der Waals surface area contributed by atoms with Gasteiger partial charge in [-0.05, 0) is 30.5 Å². The first-order valence-corrected chi connectivity index (χ1v) is 12.1. The molecule has 1 fully saturated rings. The Kier molecular flexibility index (Phi) is 6.89. The van der Waals surface area contributed by atoms with Crippen molar-refractivity contribution in [3.63, 3.8) is 0 Å². The average molecular weight is 499 g/mol. The van der Waals surface area contributed by atoms with E-state index in [1.54, 1.807) is 17.3 Å². The van der Waals surface area contributed by atoms with Crippen molar-refractivity contribution in [1.82, 2.24) is 24.0 Å². The van der Waals surface area contributed by atoms with Crippen LogP contribution >= 0.6 is 0 Å². The van der Waals surface area contributed by atoms with Gasteiger partial charge in [-0.2, -0.15) is 0 Å². The smallest absolute Gasteiger partial charge is 0.294 e. The number of benzene rings is 2. The van der Waals surface area contributed by atoms with Gasteiger partial charge >= 0.3 is 0 Å². The third-order valence-electron chi connectivity index (χ3n) is 6.74. The molecular weight excluding hydrogens is 472 g/mol. The third kappa shape index (κ3) is 5.32. The maximum absolute atomic E-state index is 12.8. The number of carbonyl (C=O) groups excluding carboxylic acids is 2. The van der Waals surface area contributed by atoms with E-state index in [1.807, 2.05) is 30.6 Å². The first-order valence-electron chi connectivity index (χ1n) is 12.1. The van der Waals surface area contributed by atoms with Crippen molar-refractivity contribution in [1.29, 1.82) is 0 Å². The number of nitro groups is 1. The molecule has 1 amide bonds. The van der Waals surface area contributed by atoms with Gasteiger partial charge in [-0.1, -0.05) is 30.3 Å². The number of hydrogen-bond acceptors (Lipinski definition) is 6. The number of likely N-dealkylation sites (tertiary alicyclic amines) is 1. The van der Waals surface area contributed by atoms with Crippen molar-refractivity contribution in [3.05, 3.63) is 112 Å². The second-order valence-electron chi connectivity index (χ2n) is 9.07. The molecule has 10 nitrogen and oxygen atoms in total. The van der Waals surface area contributed by atoms with Gasteiger partial charge in [-0.25, -0.2) is 9.97 Å². The Bertz CT molecular complexity index is 1400. The molecule has 5 rings (SSSR count). The molecule has 188 valence electrons. The van der Waals surface area contributed by atoms with Crippen LogP contribution in [0, 0.1) is 10.1 Å². The number of nitrogens with zero attached hydrogens (tertiary/aromatic N) is 6. The molecule has 0 saturated carbocycles. The number of piperidine rings is 1. The summed E-state index contributed by atoms with van der Waals surface area (Å²) in [6, 6.07) is 15.3. The Hall–Kier alpha value is -4.60. The van der Waals surface area contributed by atoms with Crippen molar-refractivity contribution in [2.75, 3.05) is 13.1 Å². The number of non-ortho nitro benzene ring substituents is 1. The Labute approximate surface area is 213 Å². The minimum Gasteiger partial charge on any atom is -0.336 e. The van der Waals surface area contributed by atoms with Gasteiger partial charge in [0.15, 0.2) is 0 Å². The van der Waals surface area contributed by atoms with Gasteiger partial charge in [-0.3, -0.25) is 19.7 Å². The summed E-state index contributed by atoms with van der Waals surface area (Å²) in [6.45, 7) is 2.21. The zero-order chi connectivity index (χ0) is 25.8. The molecular formula is C27H26N6O4. The fourth-order valence-electron chi connectivity index (χ4n) is 4.72. The predicted molar refractivity (Wildman–Crippen MR) is 135 cm³/mol. The van der Waals surface area contributed by atoms with Gasteiger partial charge in [0.25, 0.3) is 11.6 Å². The molecule has 37 heavy (non-hydrogen) atoms. The number of aromatic nitrogens is 4. The summed E-state index contributed by atoms with van der Waals surface area (Å²) in [7, 11) is 0. The van der Waals surface area contributed by atoms with E-state index < -0.39 is 16.6 Å². The van der Waals surface area contributed by atoms with E-state index in [0.717, 1.165) is 18.2 Å². The van der Waals surface area contributed by atoms with Crippen molar-refractivity contribution in [2.24, 2.45) is 0 Å². The van der Waals surface area contributed by atoms with E-state index in [9.17, 15) is 19.7 Å². The van der Waals surface area contributed by atoms with E-state index >= 15 is 0 Å². The second kappa shape index (κ2) is 10.6. The molecule has 1 saturated heterocycles. The second-order valence-corrected chi connectivity index (χ2v) is 9.07. The highest BCUT2D eigenvalue weighted by Crippen LogP contribution is 2.28. The highest BCUT2D eigenvalue weighted by atomic mass is 16.6. The van der Waals surface area contributed by atoms with Gasteiger partial charge in [0.1, 0.15) is 11.6 Å². The fourth-order valence-corrected chi connectivity index (χ4v) is 4.72. The standard InChI is InChI=1S/C27H26N6O4/c34-25(21-6-8-23(9-7-21)33(36)37)27(35)30-14-10-22(11-15-30)26-29-13-17-32(26)19-24-28-12-16-31(24)18-20-4-2-1-3-5-20/h1-9,12-13,16-17,22H,10-11,14-15,18-19H2. The quantitative estimate of drug-likeness (QED) is 0.158. The fraction of sp³-hybridized carbons (Fsp3) is 0.259. The van der Waals surface area contributed by atoms with E-state index in [4.69, 9.17) is 0 Å². The van der Waals surface area contributed by atoms with E-state index in [2.05, 4.69) is 31.2 Å². The number of rotatable bonds is 8. The summed E-state index contributed by atoms with van der Waals surface area (Å²) in [5.74, 6) is 0.803. The molecule has 0 radical (unpaired) electrons. The molecule has 0 atom stereocenters. The molecule has 0 bridgehead atoms. The zero-order valence-corrected chi connectivity index (χ0v) is 20.1. The number of imidazole rings is 2. The minimum atomic E-state index is -0.653. The first kappa shape index (κ1) is 24.1. The molecule has 1 aliphatic rings. The summed E-state index contributed by atoms with van der Waals surface area (Å²) < 4.78 is 4.23. The Morgan fingerprint density at radius 1 is 0.892 bits per heavy atom. The SMILES string of the molecule is O=C(C(=O)N1CCC(c2nccn2Cc2nccn2Cc2ccccc2)CC1)c1ccc([N+](=O)[O-])cc1. The number of carbonyl (C=O) groups is 2. The highest BCUT2D eigenvalue weighted by molar-refractivity contribution is 6.42. The monoisotopic (exact) mass is 498 g/mol. The van der Waals surface area contributed by atoms with Crippen molar-refractivity contribution < 1.29 is 14.5 Å². The Morgan fingerprint density at radius 2 is 1.57 bits per heavy atom. The molecule has 4 aromatic rings. The molecule has 0 N–H and O–H groups in total. The van der Waals surface area contributed by atoms with Gasteiger partial charge in [-0.15, -0.1) is 0 Å². The highest BCUT2D eigenvalue weighted by Gasteiger charge is 2.30. The summed E-state index contributed by atoms with van der Waals surface area (Å²) in [5, 5.41) is 10.8. The van der Waals surface area contributed by atoms with Gasteiger partial charge < -0.3 is 14.0 Å². The summed E-state index contributed by atoms with van der Waals surface area (Å²) in [6.07, 6.45) is 8.90. The summed E-state index contributed by atoms with van der Waals surface area (Å²) in [4.78, 5) is 46.4. The van der Waals surface area contributed by atoms with Crippen molar-refractivity contribution in [3.8, 4) is 0 Å². The molecule has 0 unspecified atom stereocenters. The maximum atomic E-state index is 12.8. The largest absolute Gasteiger partial charge is 0.336 e. The van der Waals surface area contributed by atoms with Crippen LogP contribution in [0.4, 0.5) is 5.69 Å². The van der Waals surface area contributed by atoms with Crippen LogP contribution in [0.1, 0.15) is 46.3 Å². The maximum Gasteiger partial charge on any atom is 0.294 e.